The Bertz CT molecular complexity index is 1050. The van der Waals surface area contributed by atoms with Gasteiger partial charge < -0.3 is 4.57 Å². The molecule has 0 saturated carbocycles. The standard InChI is InChI=1S/C18H13Cl2N5/c19-16-6-5-13(7-17(16)20)9-24-10-14(8-23-25-11-21-22-12-25)15-3-1-2-4-18(15)24/h1-8,10-12H,9H2/b23-8+. The fourth-order valence-corrected chi connectivity index (χ4v) is 3.05. The van der Waals surface area contributed by atoms with Crippen molar-refractivity contribution in [3.63, 3.8) is 0 Å². The van der Waals surface area contributed by atoms with Crippen LogP contribution in [0.3, 0.4) is 0 Å². The van der Waals surface area contributed by atoms with E-state index in [1.165, 1.54) is 0 Å². The van der Waals surface area contributed by atoms with E-state index in [1.54, 1.807) is 23.5 Å². The van der Waals surface area contributed by atoms with Crippen LogP contribution in [-0.4, -0.2) is 25.7 Å². The molecule has 0 unspecified atom stereocenters. The van der Waals surface area contributed by atoms with E-state index in [0.29, 0.717) is 16.6 Å². The summed E-state index contributed by atoms with van der Waals surface area (Å²) < 4.78 is 3.73. The third kappa shape index (κ3) is 3.29. The lowest BCUT2D eigenvalue weighted by molar-refractivity contribution is 0.835. The van der Waals surface area contributed by atoms with Gasteiger partial charge in [0.1, 0.15) is 12.7 Å². The average molecular weight is 370 g/mol. The summed E-state index contributed by atoms with van der Waals surface area (Å²) >= 11 is 12.1. The fourth-order valence-electron chi connectivity index (χ4n) is 2.73. The van der Waals surface area contributed by atoms with Gasteiger partial charge in [0.05, 0.1) is 16.3 Å². The van der Waals surface area contributed by atoms with Crippen LogP contribution in [0.25, 0.3) is 10.9 Å². The second-order valence-corrected chi connectivity index (χ2v) is 6.38. The maximum Gasteiger partial charge on any atom is 0.141 e. The van der Waals surface area contributed by atoms with Gasteiger partial charge in [-0.25, -0.2) is 4.68 Å². The van der Waals surface area contributed by atoms with Gasteiger partial charge in [-0.15, -0.1) is 10.2 Å². The zero-order valence-corrected chi connectivity index (χ0v) is 14.6. The summed E-state index contributed by atoms with van der Waals surface area (Å²) in [6, 6.07) is 13.9. The monoisotopic (exact) mass is 369 g/mol. The normalized spacial score (nSPS) is 11.6. The van der Waals surface area contributed by atoms with E-state index in [1.807, 2.05) is 30.3 Å². The van der Waals surface area contributed by atoms with Gasteiger partial charge in [0.15, 0.2) is 0 Å². The number of para-hydroxylation sites is 1. The third-order valence-electron chi connectivity index (χ3n) is 3.89. The molecule has 0 amide bonds. The molecule has 0 aliphatic heterocycles. The summed E-state index contributed by atoms with van der Waals surface area (Å²) in [7, 11) is 0. The van der Waals surface area contributed by atoms with E-state index in [9.17, 15) is 0 Å². The van der Waals surface area contributed by atoms with Crippen molar-refractivity contribution in [2.24, 2.45) is 5.10 Å². The molecular weight excluding hydrogens is 357 g/mol. The molecule has 25 heavy (non-hydrogen) atoms. The highest BCUT2D eigenvalue weighted by atomic mass is 35.5. The van der Waals surface area contributed by atoms with Crippen LogP contribution in [0.2, 0.25) is 10.0 Å². The summed E-state index contributed by atoms with van der Waals surface area (Å²) in [6.45, 7) is 0.692. The Morgan fingerprint density at radius 1 is 1.00 bits per heavy atom. The molecule has 0 fully saturated rings. The van der Waals surface area contributed by atoms with Crippen LogP contribution in [-0.2, 0) is 6.54 Å². The largest absolute Gasteiger partial charge is 0.342 e. The third-order valence-corrected chi connectivity index (χ3v) is 4.63. The summed E-state index contributed by atoms with van der Waals surface area (Å²) in [5.74, 6) is 0. The smallest absolute Gasteiger partial charge is 0.141 e. The Balaban J connectivity index is 1.72. The van der Waals surface area contributed by atoms with Crippen molar-refractivity contribution in [1.82, 2.24) is 19.4 Å². The average Bonchev–Trinajstić information content (AvgIpc) is 3.25. The van der Waals surface area contributed by atoms with Gasteiger partial charge in [0.2, 0.25) is 0 Å². The number of aromatic nitrogens is 4. The highest BCUT2D eigenvalue weighted by Crippen LogP contribution is 2.25. The van der Waals surface area contributed by atoms with Gasteiger partial charge >= 0.3 is 0 Å². The Labute approximate surface area is 154 Å². The quantitative estimate of drug-likeness (QED) is 0.498. The van der Waals surface area contributed by atoms with E-state index in [4.69, 9.17) is 23.2 Å². The number of halogens is 2. The predicted molar refractivity (Wildman–Crippen MR) is 101 cm³/mol. The van der Waals surface area contributed by atoms with E-state index >= 15 is 0 Å². The number of benzene rings is 2. The lowest BCUT2D eigenvalue weighted by atomic mass is 10.2. The molecular formula is C18H13Cl2N5. The molecule has 0 bridgehead atoms. The molecule has 0 N–H and O–H groups in total. The number of hydrogen-bond acceptors (Lipinski definition) is 3. The van der Waals surface area contributed by atoms with E-state index < -0.39 is 0 Å². The molecule has 0 spiro atoms. The van der Waals surface area contributed by atoms with Crippen LogP contribution in [0, 0.1) is 0 Å². The molecule has 124 valence electrons. The molecule has 0 saturated heterocycles. The number of hydrogen-bond donors (Lipinski definition) is 0. The summed E-state index contributed by atoms with van der Waals surface area (Å²) in [5.41, 5.74) is 3.22. The summed E-state index contributed by atoms with van der Waals surface area (Å²) in [5, 5.41) is 14.1. The van der Waals surface area contributed by atoms with E-state index in [2.05, 4.69) is 38.2 Å². The number of fused-ring (bicyclic) bond motifs is 1. The molecule has 2 aromatic heterocycles. The molecule has 0 atom stereocenters. The minimum atomic E-state index is 0.560. The minimum absolute atomic E-state index is 0.560. The Morgan fingerprint density at radius 3 is 2.60 bits per heavy atom. The number of rotatable bonds is 4. The van der Waals surface area contributed by atoms with E-state index in [-0.39, 0.29) is 0 Å². The lowest BCUT2D eigenvalue weighted by Crippen LogP contribution is -1.97. The van der Waals surface area contributed by atoms with Crippen molar-refractivity contribution < 1.29 is 0 Å². The molecule has 0 aliphatic carbocycles. The van der Waals surface area contributed by atoms with Crippen molar-refractivity contribution in [2.45, 2.75) is 6.54 Å². The molecule has 4 rings (SSSR count). The van der Waals surface area contributed by atoms with Gasteiger partial charge in [-0.1, -0.05) is 47.5 Å². The van der Waals surface area contributed by atoms with Gasteiger partial charge in [0.25, 0.3) is 0 Å². The summed E-state index contributed by atoms with van der Waals surface area (Å²) in [4.78, 5) is 0. The van der Waals surface area contributed by atoms with Gasteiger partial charge in [-0.2, -0.15) is 5.10 Å². The second-order valence-electron chi connectivity index (χ2n) is 5.56. The van der Waals surface area contributed by atoms with E-state index in [0.717, 1.165) is 22.0 Å². The highest BCUT2D eigenvalue weighted by molar-refractivity contribution is 6.42. The van der Waals surface area contributed by atoms with Gasteiger partial charge in [0, 0.05) is 29.2 Å². The molecule has 2 aromatic carbocycles. The minimum Gasteiger partial charge on any atom is -0.342 e. The van der Waals surface area contributed by atoms with Gasteiger partial charge in [-0.3, -0.25) is 0 Å². The Hall–Kier alpha value is -2.63. The fraction of sp³-hybridized carbons (Fsp3) is 0.0556. The maximum absolute atomic E-state index is 6.13. The zero-order valence-electron chi connectivity index (χ0n) is 13.0. The van der Waals surface area contributed by atoms with Crippen LogP contribution < -0.4 is 0 Å². The second kappa shape index (κ2) is 6.70. The zero-order chi connectivity index (χ0) is 17.2. The molecule has 2 heterocycles. The van der Waals surface area contributed by atoms with Crippen LogP contribution >= 0.6 is 23.2 Å². The first-order valence-corrected chi connectivity index (χ1v) is 8.37. The van der Waals surface area contributed by atoms with Crippen molar-refractivity contribution in [2.75, 3.05) is 0 Å². The van der Waals surface area contributed by atoms with Crippen molar-refractivity contribution in [1.29, 1.82) is 0 Å². The first kappa shape index (κ1) is 15.9. The Morgan fingerprint density at radius 2 is 1.80 bits per heavy atom. The first-order chi connectivity index (χ1) is 12.2. The van der Waals surface area contributed by atoms with Crippen LogP contribution in [0.1, 0.15) is 11.1 Å². The first-order valence-electron chi connectivity index (χ1n) is 7.61. The van der Waals surface area contributed by atoms with Crippen LogP contribution in [0.15, 0.2) is 66.4 Å². The topological polar surface area (TPSA) is 48.0 Å². The van der Waals surface area contributed by atoms with Crippen LogP contribution in [0.4, 0.5) is 0 Å². The number of nitrogens with zero attached hydrogens (tertiary/aromatic N) is 5. The lowest BCUT2D eigenvalue weighted by Gasteiger charge is -2.06. The SMILES string of the molecule is Clc1ccc(Cn2cc(/C=N/n3cnnc3)c3ccccc32)cc1Cl. The van der Waals surface area contributed by atoms with Crippen molar-refractivity contribution in [3.8, 4) is 0 Å². The molecule has 0 radical (unpaired) electrons. The Kier molecular flexibility index (Phi) is 4.26. The predicted octanol–water partition coefficient (Wildman–Crippen LogP) is 4.47. The summed E-state index contributed by atoms with van der Waals surface area (Å²) in [6.07, 6.45) is 6.97. The van der Waals surface area contributed by atoms with Crippen molar-refractivity contribution in [3.05, 3.63) is 82.5 Å². The van der Waals surface area contributed by atoms with Gasteiger partial charge in [-0.05, 0) is 23.8 Å². The van der Waals surface area contributed by atoms with Crippen LogP contribution in [0.5, 0.6) is 0 Å². The molecule has 4 aromatic rings. The molecule has 0 aliphatic rings. The highest BCUT2D eigenvalue weighted by Gasteiger charge is 2.08. The molecule has 5 nitrogen and oxygen atoms in total. The van der Waals surface area contributed by atoms with Crippen molar-refractivity contribution >= 4 is 40.3 Å². The maximum atomic E-state index is 6.13. The molecule has 7 heteroatoms.